The van der Waals surface area contributed by atoms with Crippen molar-refractivity contribution >= 4 is 12.0 Å². The molecule has 1 aliphatic heterocycles. The zero-order valence-corrected chi connectivity index (χ0v) is 14.8. The van der Waals surface area contributed by atoms with Crippen LogP contribution in [0.1, 0.15) is 31.9 Å². The van der Waals surface area contributed by atoms with Gasteiger partial charge in [0.25, 0.3) is 0 Å². The van der Waals surface area contributed by atoms with Gasteiger partial charge in [0.1, 0.15) is 5.60 Å². The summed E-state index contributed by atoms with van der Waals surface area (Å²) in [6.07, 6.45) is -0.295. The van der Waals surface area contributed by atoms with Crippen LogP contribution in [-0.4, -0.2) is 35.6 Å². The highest BCUT2D eigenvalue weighted by Gasteiger charge is 2.60. The number of ether oxygens (including phenoxy) is 1. The molecule has 1 aliphatic carbocycles. The quantitative estimate of drug-likeness (QED) is 0.914. The van der Waals surface area contributed by atoms with Crippen LogP contribution in [0.3, 0.4) is 0 Å². The number of nitrogens with one attached hydrogen (secondary N) is 1. The van der Waals surface area contributed by atoms with Crippen molar-refractivity contribution in [3.05, 3.63) is 35.4 Å². The monoisotopic (exact) mass is 341 g/mol. The molecule has 1 unspecified atom stereocenters. The fraction of sp³-hybridized carbons (Fsp3) is 0.526. The van der Waals surface area contributed by atoms with Crippen molar-refractivity contribution in [2.75, 3.05) is 13.1 Å². The van der Waals surface area contributed by atoms with Crippen molar-refractivity contribution < 1.29 is 14.3 Å². The Hall–Kier alpha value is -2.55. The van der Waals surface area contributed by atoms with Crippen LogP contribution in [-0.2, 0) is 16.1 Å². The lowest BCUT2D eigenvalue weighted by atomic mass is 10.1. The second-order valence-corrected chi connectivity index (χ2v) is 7.77. The lowest BCUT2D eigenvalue weighted by Crippen LogP contribution is -2.38. The average Bonchev–Trinajstić information content (AvgIpc) is 3.05. The first-order valence-electron chi connectivity index (χ1n) is 8.53. The molecule has 0 spiro atoms. The maximum Gasteiger partial charge on any atom is 0.410 e. The molecule has 1 N–H and O–H groups in total. The van der Waals surface area contributed by atoms with Crippen LogP contribution in [0.4, 0.5) is 4.79 Å². The number of fused-ring (bicyclic) bond motifs is 1. The molecule has 25 heavy (non-hydrogen) atoms. The molecule has 1 saturated heterocycles. The first-order chi connectivity index (χ1) is 11.8. The Morgan fingerprint density at radius 1 is 1.24 bits per heavy atom. The van der Waals surface area contributed by atoms with Crippen LogP contribution in [0.5, 0.6) is 0 Å². The molecule has 0 aromatic heterocycles. The van der Waals surface area contributed by atoms with E-state index in [0.29, 0.717) is 25.2 Å². The van der Waals surface area contributed by atoms with E-state index in [0.717, 1.165) is 5.56 Å². The van der Waals surface area contributed by atoms with Crippen LogP contribution in [0.15, 0.2) is 24.3 Å². The van der Waals surface area contributed by atoms with Gasteiger partial charge in [-0.25, -0.2) is 4.79 Å². The van der Waals surface area contributed by atoms with Gasteiger partial charge in [0, 0.05) is 25.6 Å². The fourth-order valence-corrected chi connectivity index (χ4v) is 3.39. The molecule has 3 rings (SSSR count). The van der Waals surface area contributed by atoms with Gasteiger partial charge in [-0.1, -0.05) is 12.1 Å². The minimum atomic E-state index is -0.498. The molecule has 2 aliphatic rings. The van der Waals surface area contributed by atoms with Gasteiger partial charge in [-0.3, -0.25) is 4.79 Å². The topological polar surface area (TPSA) is 82.4 Å². The number of amides is 2. The molecular formula is C19H23N3O3. The minimum absolute atomic E-state index is 0.00271. The van der Waals surface area contributed by atoms with E-state index in [1.807, 2.05) is 32.9 Å². The van der Waals surface area contributed by atoms with Crippen molar-refractivity contribution in [1.29, 1.82) is 5.26 Å². The number of hydrogen-bond donors (Lipinski definition) is 1. The molecule has 2 fully saturated rings. The van der Waals surface area contributed by atoms with Gasteiger partial charge in [0.15, 0.2) is 0 Å². The molecule has 1 saturated carbocycles. The highest BCUT2D eigenvalue weighted by atomic mass is 16.6. The van der Waals surface area contributed by atoms with Gasteiger partial charge >= 0.3 is 6.09 Å². The molecule has 1 heterocycles. The molecule has 6 nitrogen and oxygen atoms in total. The third-order valence-electron chi connectivity index (χ3n) is 4.70. The number of nitriles is 1. The van der Waals surface area contributed by atoms with E-state index in [2.05, 4.69) is 11.4 Å². The van der Waals surface area contributed by atoms with Gasteiger partial charge in [-0.15, -0.1) is 0 Å². The zero-order valence-electron chi connectivity index (χ0n) is 14.8. The Labute approximate surface area is 147 Å². The van der Waals surface area contributed by atoms with E-state index >= 15 is 0 Å². The summed E-state index contributed by atoms with van der Waals surface area (Å²) in [7, 11) is 0. The van der Waals surface area contributed by atoms with E-state index in [-0.39, 0.29) is 29.8 Å². The van der Waals surface area contributed by atoms with Crippen molar-refractivity contribution in [3.63, 3.8) is 0 Å². The molecular weight excluding hydrogens is 318 g/mol. The number of carbonyl (C=O) groups is 2. The average molecular weight is 341 g/mol. The van der Waals surface area contributed by atoms with Crippen LogP contribution in [0, 0.1) is 29.1 Å². The Bertz CT molecular complexity index is 703. The molecule has 0 radical (unpaired) electrons. The summed E-state index contributed by atoms with van der Waals surface area (Å²) >= 11 is 0. The molecule has 3 atom stereocenters. The Kier molecular flexibility index (Phi) is 4.42. The van der Waals surface area contributed by atoms with Gasteiger partial charge in [-0.2, -0.15) is 5.26 Å². The predicted molar refractivity (Wildman–Crippen MR) is 91.3 cm³/mol. The van der Waals surface area contributed by atoms with Gasteiger partial charge in [0.2, 0.25) is 5.91 Å². The lowest BCUT2D eigenvalue weighted by Gasteiger charge is -2.25. The summed E-state index contributed by atoms with van der Waals surface area (Å²) in [6.45, 7) is 7.18. The molecule has 2 amide bonds. The van der Waals surface area contributed by atoms with Crippen molar-refractivity contribution in [1.82, 2.24) is 10.2 Å². The number of nitrogens with zero attached hydrogens (tertiary/aromatic N) is 2. The lowest BCUT2D eigenvalue weighted by molar-refractivity contribution is -0.123. The smallest absolute Gasteiger partial charge is 0.410 e. The normalized spacial score (nSPS) is 24.2. The Balaban J connectivity index is 1.45. The summed E-state index contributed by atoms with van der Waals surface area (Å²) in [5, 5.41) is 11.7. The van der Waals surface area contributed by atoms with E-state index < -0.39 is 5.60 Å². The first kappa shape index (κ1) is 17.3. The largest absolute Gasteiger partial charge is 0.444 e. The van der Waals surface area contributed by atoms with Gasteiger partial charge in [-0.05, 0) is 50.3 Å². The van der Waals surface area contributed by atoms with Crippen molar-refractivity contribution in [2.45, 2.75) is 32.9 Å². The van der Waals surface area contributed by atoms with Gasteiger partial charge < -0.3 is 15.0 Å². The highest BCUT2D eigenvalue weighted by Crippen LogP contribution is 2.52. The second-order valence-electron chi connectivity index (χ2n) is 7.77. The Morgan fingerprint density at radius 2 is 1.84 bits per heavy atom. The number of hydrogen-bond acceptors (Lipinski definition) is 4. The SMILES string of the molecule is CC(C)(C)OC(=O)N1C[C@@H]2C(C(=O)NCc3ccc(C#N)cc3)[C@@H]2C1. The third-order valence-corrected chi connectivity index (χ3v) is 4.70. The second kappa shape index (κ2) is 6.40. The predicted octanol–water partition coefficient (Wildman–Crippen LogP) is 2.29. The summed E-state index contributed by atoms with van der Waals surface area (Å²) < 4.78 is 5.37. The number of benzene rings is 1. The number of rotatable bonds is 3. The van der Waals surface area contributed by atoms with Crippen LogP contribution in [0.2, 0.25) is 0 Å². The molecule has 0 bridgehead atoms. The third kappa shape index (κ3) is 3.93. The van der Waals surface area contributed by atoms with E-state index in [4.69, 9.17) is 10.00 Å². The van der Waals surface area contributed by atoms with Crippen molar-refractivity contribution in [3.8, 4) is 6.07 Å². The zero-order chi connectivity index (χ0) is 18.2. The molecule has 1 aromatic rings. The molecule has 6 heteroatoms. The number of likely N-dealkylation sites (tertiary alicyclic amines) is 1. The van der Waals surface area contributed by atoms with Crippen LogP contribution in [0.25, 0.3) is 0 Å². The van der Waals surface area contributed by atoms with Gasteiger partial charge in [0.05, 0.1) is 11.6 Å². The molecule has 1 aromatic carbocycles. The maximum absolute atomic E-state index is 12.3. The summed E-state index contributed by atoms with van der Waals surface area (Å²) in [4.78, 5) is 26.1. The molecule has 132 valence electrons. The standard InChI is InChI=1S/C19H23N3O3/c1-19(2,3)25-18(24)22-10-14-15(11-22)16(14)17(23)21-9-13-6-4-12(8-20)5-7-13/h4-7,14-16H,9-11H2,1-3H3,(H,21,23)/t14-,15+,16?. The van der Waals surface area contributed by atoms with E-state index in [1.165, 1.54) is 0 Å². The van der Waals surface area contributed by atoms with E-state index in [9.17, 15) is 9.59 Å². The minimum Gasteiger partial charge on any atom is -0.444 e. The summed E-state index contributed by atoms with van der Waals surface area (Å²) in [5.41, 5.74) is 1.07. The fourth-order valence-electron chi connectivity index (χ4n) is 3.39. The van der Waals surface area contributed by atoms with Crippen LogP contribution < -0.4 is 5.32 Å². The number of piperidine rings is 1. The summed E-state index contributed by atoms with van der Waals surface area (Å²) in [6, 6.07) is 9.24. The van der Waals surface area contributed by atoms with E-state index in [1.54, 1.807) is 17.0 Å². The van der Waals surface area contributed by atoms with Crippen LogP contribution >= 0.6 is 0 Å². The van der Waals surface area contributed by atoms with Crippen molar-refractivity contribution in [2.24, 2.45) is 17.8 Å². The first-order valence-corrected chi connectivity index (χ1v) is 8.53. The number of carbonyl (C=O) groups excluding carboxylic acids is 2. The summed E-state index contributed by atoms with van der Waals surface area (Å²) in [5.74, 6) is 0.530. The Morgan fingerprint density at radius 3 is 2.36 bits per heavy atom. The maximum atomic E-state index is 12.3. The highest BCUT2D eigenvalue weighted by molar-refractivity contribution is 5.83.